The second-order valence-electron chi connectivity index (χ2n) is 8.16. The van der Waals surface area contributed by atoms with Crippen LogP contribution in [0.3, 0.4) is 0 Å². The van der Waals surface area contributed by atoms with Gasteiger partial charge in [0.15, 0.2) is 0 Å². The van der Waals surface area contributed by atoms with Gasteiger partial charge in [-0.05, 0) is 32.1 Å². The monoisotopic (exact) mass is 430 g/mol. The predicted molar refractivity (Wildman–Crippen MR) is 126 cm³/mol. The Balaban J connectivity index is 0. The highest BCUT2D eigenvalue weighted by atomic mass is 16.4. The average Bonchev–Trinajstić information content (AvgIpc) is 2.75. The summed E-state index contributed by atoms with van der Waals surface area (Å²) in [7, 11) is 0. The van der Waals surface area contributed by atoms with Crippen LogP contribution < -0.4 is 0 Å². The van der Waals surface area contributed by atoms with Gasteiger partial charge < -0.3 is 20.4 Å². The summed E-state index contributed by atoms with van der Waals surface area (Å²) in [5, 5.41) is 32.6. The van der Waals surface area contributed by atoms with Crippen LogP contribution in [0, 0.1) is 0 Å². The zero-order valence-electron chi connectivity index (χ0n) is 19.6. The van der Waals surface area contributed by atoms with Gasteiger partial charge in [0.1, 0.15) is 6.10 Å². The van der Waals surface area contributed by atoms with Gasteiger partial charge in [0.25, 0.3) is 0 Å². The van der Waals surface area contributed by atoms with Gasteiger partial charge in [0, 0.05) is 6.42 Å². The van der Waals surface area contributed by atoms with E-state index in [9.17, 15) is 4.79 Å². The van der Waals surface area contributed by atoms with Gasteiger partial charge in [0.2, 0.25) is 0 Å². The number of rotatable bonds is 21. The lowest BCUT2D eigenvalue weighted by Gasteiger charge is -2.01. The van der Waals surface area contributed by atoms with Gasteiger partial charge in [-0.1, -0.05) is 96.1 Å². The Morgan fingerprint density at radius 1 is 0.667 bits per heavy atom. The number of aliphatic carboxylic acids is 1. The molecule has 0 rings (SSSR count). The molecule has 0 aliphatic heterocycles. The van der Waals surface area contributed by atoms with E-state index in [-0.39, 0.29) is 13.2 Å². The van der Waals surface area contributed by atoms with Crippen molar-refractivity contribution in [2.45, 2.75) is 129 Å². The second-order valence-corrected chi connectivity index (χ2v) is 8.16. The highest BCUT2D eigenvalue weighted by Crippen LogP contribution is 2.12. The number of carbonyl (C=O) groups is 1. The van der Waals surface area contributed by atoms with Crippen molar-refractivity contribution < 1.29 is 25.2 Å². The number of carboxylic acids is 1. The lowest BCUT2D eigenvalue weighted by atomic mass is 10.1. The van der Waals surface area contributed by atoms with E-state index in [0.717, 1.165) is 12.8 Å². The molecule has 0 aliphatic rings. The molecule has 0 heterocycles. The van der Waals surface area contributed by atoms with Crippen molar-refractivity contribution in [2.75, 3.05) is 13.2 Å². The molecule has 0 fully saturated rings. The van der Waals surface area contributed by atoms with Crippen LogP contribution in [0.1, 0.15) is 122 Å². The Bertz CT molecular complexity index is 353. The molecule has 0 aromatic carbocycles. The maximum atomic E-state index is 10.4. The predicted octanol–water partition coefficient (Wildman–Crippen LogP) is 6.00. The zero-order valence-corrected chi connectivity index (χ0v) is 19.6. The van der Waals surface area contributed by atoms with Crippen molar-refractivity contribution in [1.29, 1.82) is 0 Å². The molecule has 4 N–H and O–H groups in total. The van der Waals surface area contributed by atoms with Crippen LogP contribution in [-0.4, -0.2) is 45.7 Å². The summed E-state index contributed by atoms with van der Waals surface area (Å²) in [5.41, 5.74) is 0. The van der Waals surface area contributed by atoms with Crippen LogP contribution >= 0.6 is 0 Å². The first-order valence-electron chi connectivity index (χ1n) is 12.3. The number of aliphatic hydroxyl groups excluding tert-OH is 3. The largest absolute Gasteiger partial charge is 0.481 e. The number of allylic oxidation sites excluding steroid dienone is 2. The highest BCUT2D eigenvalue weighted by molar-refractivity contribution is 5.66. The van der Waals surface area contributed by atoms with Crippen molar-refractivity contribution in [1.82, 2.24) is 0 Å². The Morgan fingerprint density at radius 2 is 1.03 bits per heavy atom. The quantitative estimate of drug-likeness (QED) is 0.132. The molecule has 30 heavy (non-hydrogen) atoms. The van der Waals surface area contributed by atoms with Crippen molar-refractivity contribution in [3.63, 3.8) is 0 Å². The van der Waals surface area contributed by atoms with Gasteiger partial charge in [-0.3, -0.25) is 4.79 Å². The molecule has 0 aliphatic carbocycles. The number of hydrogen-bond acceptors (Lipinski definition) is 4. The Hall–Kier alpha value is -0.910. The first-order valence-corrected chi connectivity index (χ1v) is 12.3. The molecule has 0 aromatic rings. The summed E-state index contributed by atoms with van der Waals surface area (Å²) in [5.74, 6) is -0.656. The maximum absolute atomic E-state index is 10.4. The molecule has 0 bridgehead atoms. The van der Waals surface area contributed by atoms with Crippen molar-refractivity contribution >= 4 is 5.97 Å². The summed E-state index contributed by atoms with van der Waals surface area (Å²) in [4.78, 5) is 10.4. The molecule has 0 spiro atoms. The minimum Gasteiger partial charge on any atom is -0.481 e. The molecule has 5 nitrogen and oxygen atoms in total. The SMILES string of the molecule is CCCCCCCC/C=C\CCCCCCCCCCCC(=O)O.OCC(O)CO. The van der Waals surface area contributed by atoms with E-state index < -0.39 is 12.1 Å². The Kier molecular flexibility index (Phi) is 29.3. The summed E-state index contributed by atoms with van der Waals surface area (Å²) in [6.45, 7) is 1.54. The normalized spacial score (nSPS) is 11.1. The first kappa shape index (κ1) is 31.3. The topological polar surface area (TPSA) is 98.0 Å². The standard InChI is InChI=1S/C22H42O2.C3H8O3/c1-2-3-4-5-6-7-8-9-10-11-12-13-14-15-16-17-18-19-20-21-22(23)24;4-1-3(6)2-5/h9-10H,2-8,11-21H2,1H3,(H,23,24);3-6H,1-2H2/b10-9-;. The summed E-state index contributed by atoms with van der Waals surface area (Å²) in [6.07, 6.45) is 26.2. The van der Waals surface area contributed by atoms with Gasteiger partial charge in [-0.15, -0.1) is 0 Å². The van der Waals surface area contributed by atoms with E-state index in [1.165, 1.54) is 96.3 Å². The van der Waals surface area contributed by atoms with Gasteiger partial charge in [-0.2, -0.15) is 0 Å². The van der Waals surface area contributed by atoms with E-state index in [2.05, 4.69) is 19.1 Å². The maximum Gasteiger partial charge on any atom is 0.303 e. The van der Waals surface area contributed by atoms with E-state index >= 15 is 0 Å². The zero-order chi connectivity index (χ0) is 22.7. The first-order chi connectivity index (χ1) is 14.6. The van der Waals surface area contributed by atoms with E-state index in [1.807, 2.05) is 0 Å². The molecule has 5 heteroatoms. The van der Waals surface area contributed by atoms with Crippen molar-refractivity contribution in [3.8, 4) is 0 Å². The second kappa shape index (κ2) is 28.1. The number of carboxylic acid groups (broad SMARTS) is 1. The van der Waals surface area contributed by atoms with Crippen LogP contribution in [0.5, 0.6) is 0 Å². The summed E-state index contributed by atoms with van der Waals surface area (Å²) < 4.78 is 0. The Morgan fingerprint density at radius 3 is 1.37 bits per heavy atom. The van der Waals surface area contributed by atoms with Crippen LogP contribution in [0.2, 0.25) is 0 Å². The lowest BCUT2D eigenvalue weighted by molar-refractivity contribution is -0.137. The molecule has 0 amide bonds. The minimum atomic E-state index is -0.954. The Labute approximate surface area is 185 Å². The van der Waals surface area contributed by atoms with Crippen LogP contribution in [0.15, 0.2) is 12.2 Å². The smallest absolute Gasteiger partial charge is 0.303 e. The number of aliphatic hydroxyl groups is 3. The highest BCUT2D eigenvalue weighted by Gasteiger charge is 1.97. The molecule has 0 radical (unpaired) electrons. The summed E-state index contributed by atoms with van der Waals surface area (Å²) in [6, 6.07) is 0. The molecule has 0 unspecified atom stereocenters. The number of hydrogen-bond donors (Lipinski definition) is 4. The lowest BCUT2D eigenvalue weighted by Crippen LogP contribution is -2.15. The fourth-order valence-electron chi connectivity index (χ4n) is 3.11. The third kappa shape index (κ3) is 31.8. The number of unbranched alkanes of at least 4 members (excludes halogenated alkanes) is 15. The molecule has 0 aromatic heterocycles. The molecular weight excluding hydrogens is 380 g/mol. The molecule has 0 atom stereocenters. The summed E-state index contributed by atoms with van der Waals surface area (Å²) >= 11 is 0. The average molecular weight is 431 g/mol. The van der Waals surface area contributed by atoms with Crippen molar-refractivity contribution in [3.05, 3.63) is 12.2 Å². The van der Waals surface area contributed by atoms with Crippen molar-refractivity contribution in [2.24, 2.45) is 0 Å². The fraction of sp³-hybridized carbons (Fsp3) is 0.880. The van der Waals surface area contributed by atoms with Crippen LogP contribution in [-0.2, 0) is 4.79 Å². The van der Waals surface area contributed by atoms with Crippen LogP contribution in [0.4, 0.5) is 0 Å². The van der Waals surface area contributed by atoms with E-state index in [0.29, 0.717) is 6.42 Å². The van der Waals surface area contributed by atoms with E-state index in [4.69, 9.17) is 20.4 Å². The third-order valence-corrected chi connectivity index (χ3v) is 5.07. The molecular formula is C25H50O5. The fourth-order valence-corrected chi connectivity index (χ4v) is 3.11. The van der Waals surface area contributed by atoms with Gasteiger partial charge in [0.05, 0.1) is 13.2 Å². The third-order valence-electron chi connectivity index (χ3n) is 5.07. The molecule has 0 saturated heterocycles. The molecule has 0 saturated carbocycles. The van der Waals surface area contributed by atoms with E-state index in [1.54, 1.807) is 0 Å². The van der Waals surface area contributed by atoms with Gasteiger partial charge in [-0.25, -0.2) is 0 Å². The van der Waals surface area contributed by atoms with Gasteiger partial charge >= 0.3 is 5.97 Å². The minimum absolute atomic E-state index is 0.340. The molecule has 180 valence electrons. The van der Waals surface area contributed by atoms with Crippen LogP contribution in [0.25, 0.3) is 0 Å².